The molecule has 4 nitrogen and oxygen atoms in total. The quantitative estimate of drug-likeness (QED) is 0.864. The summed E-state index contributed by atoms with van der Waals surface area (Å²) < 4.78 is 11.0. The number of carbonyl (C=O) groups is 1. The van der Waals surface area contributed by atoms with Gasteiger partial charge in [0.05, 0.1) is 24.9 Å². The standard InChI is InChI=1S/C19H27NO3/c1-13-17(18(21)22-5)15(11-16(23-13)19(2,3)4)20-12-14-9-7-6-8-10-14/h6-10,13,16,20H,11-12H2,1-5H3/t13-,16-/m0/s1. The molecule has 0 saturated heterocycles. The predicted octanol–water partition coefficient (Wildman–Crippen LogP) is 3.43. The van der Waals surface area contributed by atoms with Gasteiger partial charge in [0.15, 0.2) is 0 Å². The molecule has 0 spiro atoms. The molecule has 4 heteroatoms. The zero-order valence-electron chi connectivity index (χ0n) is 14.7. The van der Waals surface area contributed by atoms with Crippen LogP contribution in [0.2, 0.25) is 0 Å². The number of nitrogens with one attached hydrogen (secondary N) is 1. The van der Waals surface area contributed by atoms with Crippen molar-refractivity contribution in [2.45, 2.75) is 52.9 Å². The number of hydrogen-bond donors (Lipinski definition) is 1. The molecule has 23 heavy (non-hydrogen) atoms. The molecular weight excluding hydrogens is 290 g/mol. The van der Waals surface area contributed by atoms with Crippen LogP contribution in [0.4, 0.5) is 0 Å². The summed E-state index contributed by atoms with van der Waals surface area (Å²) in [4.78, 5) is 12.2. The minimum Gasteiger partial charge on any atom is -0.466 e. The van der Waals surface area contributed by atoms with Gasteiger partial charge in [0.25, 0.3) is 0 Å². The van der Waals surface area contributed by atoms with E-state index in [1.54, 1.807) is 0 Å². The first-order valence-corrected chi connectivity index (χ1v) is 8.07. The van der Waals surface area contributed by atoms with Crippen LogP contribution in [0.1, 0.15) is 39.7 Å². The molecule has 0 unspecified atom stereocenters. The third kappa shape index (κ3) is 4.35. The van der Waals surface area contributed by atoms with E-state index in [2.05, 4.69) is 38.2 Å². The minimum absolute atomic E-state index is 0.00951. The zero-order valence-corrected chi connectivity index (χ0v) is 14.7. The summed E-state index contributed by atoms with van der Waals surface area (Å²) in [6, 6.07) is 10.1. The van der Waals surface area contributed by atoms with Crippen LogP contribution in [-0.2, 0) is 20.8 Å². The third-order valence-corrected chi connectivity index (χ3v) is 4.21. The Hall–Kier alpha value is -1.81. The summed E-state index contributed by atoms with van der Waals surface area (Å²) >= 11 is 0. The average molecular weight is 317 g/mol. The fraction of sp³-hybridized carbons (Fsp3) is 0.526. The van der Waals surface area contributed by atoms with Crippen LogP contribution < -0.4 is 5.32 Å². The lowest BCUT2D eigenvalue weighted by molar-refractivity contribution is -0.140. The van der Waals surface area contributed by atoms with E-state index < -0.39 is 0 Å². The van der Waals surface area contributed by atoms with Gasteiger partial charge in [-0.1, -0.05) is 51.1 Å². The van der Waals surface area contributed by atoms with Gasteiger partial charge >= 0.3 is 5.97 Å². The Labute approximate surface area is 138 Å². The molecule has 0 aromatic heterocycles. The molecule has 0 saturated carbocycles. The SMILES string of the molecule is COC(=O)C1=C(NCc2ccccc2)C[C@@H](C(C)(C)C)O[C@H]1C. The van der Waals surface area contributed by atoms with Crippen molar-refractivity contribution in [2.75, 3.05) is 7.11 Å². The molecule has 0 bridgehead atoms. The van der Waals surface area contributed by atoms with Crippen LogP contribution in [0, 0.1) is 5.41 Å². The van der Waals surface area contributed by atoms with Crippen molar-refractivity contribution in [1.82, 2.24) is 5.32 Å². The van der Waals surface area contributed by atoms with Crippen LogP contribution >= 0.6 is 0 Å². The number of esters is 1. The molecule has 1 aliphatic rings. The Balaban J connectivity index is 2.24. The van der Waals surface area contributed by atoms with E-state index in [4.69, 9.17) is 9.47 Å². The summed E-state index contributed by atoms with van der Waals surface area (Å²) in [5.41, 5.74) is 2.72. The largest absolute Gasteiger partial charge is 0.466 e. The summed E-state index contributed by atoms with van der Waals surface area (Å²) in [5.74, 6) is -0.319. The van der Waals surface area contributed by atoms with Crippen LogP contribution in [-0.4, -0.2) is 25.3 Å². The minimum atomic E-state index is -0.319. The topological polar surface area (TPSA) is 47.6 Å². The fourth-order valence-corrected chi connectivity index (χ4v) is 2.78. The van der Waals surface area contributed by atoms with Crippen molar-refractivity contribution >= 4 is 5.97 Å². The first kappa shape index (κ1) is 17.5. The van der Waals surface area contributed by atoms with Crippen molar-refractivity contribution < 1.29 is 14.3 Å². The highest BCUT2D eigenvalue weighted by molar-refractivity contribution is 5.90. The van der Waals surface area contributed by atoms with Gasteiger partial charge in [0.1, 0.15) is 0 Å². The third-order valence-electron chi connectivity index (χ3n) is 4.21. The highest BCUT2D eigenvalue weighted by atomic mass is 16.5. The van der Waals surface area contributed by atoms with Crippen molar-refractivity contribution in [3.05, 3.63) is 47.2 Å². The maximum Gasteiger partial charge on any atom is 0.338 e. The van der Waals surface area contributed by atoms with Gasteiger partial charge in [-0.05, 0) is 17.9 Å². The van der Waals surface area contributed by atoms with Gasteiger partial charge in [0.2, 0.25) is 0 Å². The van der Waals surface area contributed by atoms with E-state index in [0.29, 0.717) is 18.5 Å². The number of benzene rings is 1. The van der Waals surface area contributed by atoms with Crippen LogP contribution in [0.3, 0.4) is 0 Å². The Kier molecular flexibility index (Phi) is 5.47. The Morgan fingerprint density at radius 2 is 1.96 bits per heavy atom. The van der Waals surface area contributed by atoms with Crippen LogP contribution in [0.5, 0.6) is 0 Å². The lowest BCUT2D eigenvalue weighted by atomic mass is 9.83. The maximum absolute atomic E-state index is 12.2. The number of carbonyl (C=O) groups excluding carboxylic acids is 1. The lowest BCUT2D eigenvalue weighted by Crippen LogP contribution is -2.42. The van der Waals surface area contributed by atoms with Gasteiger partial charge in [-0.3, -0.25) is 0 Å². The predicted molar refractivity (Wildman–Crippen MR) is 90.7 cm³/mol. The molecule has 1 aliphatic heterocycles. The molecule has 2 rings (SSSR count). The summed E-state index contributed by atoms with van der Waals surface area (Å²) in [6.07, 6.45) is 0.466. The van der Waals surface area contributed by atoms with Gasteiger partial charge in [0, 0.05) is 18.7 Å². The molecule has 0 aliphatic carbocycles. The zero-order chi connectivity index (χ0) is 17.0. The molecule has 1 aromatic rings. The van der Waals surface area contributed by atoms with E-state index in [1.165, 1.54) is 12.7 Å². The van der Waals surface area contributed by atoms with Gasteiger partial charge < -0.3 is 14.8 Å². The van der Waals surface area contributed by atoms with Gasteiger partial charge in [-0.25, -0.2) is 4.79 Å². The van der Waals surface area contributed by atoms with E-state index in [0.717, 1.165) is 5.70 Å². The molecular formula is C19H27NO3. The average Bonchev–Trinajstić information content (AvgIpc) is 2.52. The van der Waals surface area contributed by atoms with E-state index >= 15 is 0 Å². The van der Waals surface area contributed by atoms with E-state index in [-0.39, 0.29) is 23.6 Å². The van der Waals surface area contributed by atoms with Crippen molar-refractivity contribution in [3.63, 3.8) is 0 Å². The molecule has 0 fully saturated rings. The number of methoxy groups -OCH3 is 1. The lowest BCUT2D eigenvalue weighted by Gasteiger charge is -2.38. The van der Waals surface area contributed by atoms with Gasteiger partial charge in [-0.15, -0.1) is 0 Å². The van der Waals surface area contributed by atoms with E-state index in [1.807, 2.05) is 25.1 Å². The second-order valence-corrected chi connectivity index (χ2v) is 7.06. The molecule has 126 valence electrons. The molecule has 1 N–H and O–H groups in total. The molecule has 2 atom stereocenters. The Morgan fingerprint density at radius 3 is 2.52 bits per heavy atom. The first-order chi connectivity index (χ1) is 10.8. The molecule has 0 radical (unpaired) electrons. The summed E-state index contributed by atoms with van der Waals surface area (Å²) in [6.45, 7) is 9.06. The maximum atomic E-state index is 12.2. The fourth-order valence-electron chi connectivity index (χ4n) is 2.78. The first-order valence-electron chi connectivity index (χ1n) is 8.07. The second kappa shape index (κ2) is 7.18. The normalized spacial score (nSPS) is 22.0. The van der Waals surface area contributed by atoms with Crippen molar-refractivity contribution in [3.8, 4) is 0 Å². The van der Waals surface area contributed by atoms with Crippen molar-refractivity contribution in [1.29, 1.82) is 0 Å². The van der Waals surface area contributed by atoms with Crippen LogP contribution in [0.25, 0.3) is 0 Å². The summed E-state index contributed by atoms with van der Waals surface area (Å²) in [7, 11) is 1.41. The summed E-state index contributed by atoms with van der Waals surface area (Å²) in [5, 5.41) is 3.43. The van der Waals surface area contributed by atoms with Crippen molar-refractivity contribution in [2.24, 2.45) is 5.41 Å². The van der Waals surface area contributed by atoms with E-state index in [9.17, 15) is 4.79 Å². The molecule has 1 aromatic carbocycles. The second-order valence-electron chi connectivity index (χ2n) is 7.06. The molecule has 1 heterocycles. The van der Waals surface area contributed by atoms with Gasteiger partial charge in [-0.2, -0.15) is 0 Å². The highest BCUT2D eigenvalue weighted by Crippen LogP contribution is 2.34. The Morgan fingerprint density at radius 1 is 1.30 bits per heavy atom. The number of ether oxygens (including phenoxy) is 2. The highest BCUT2D eigenvalue weighted by Gasteiger charge is 2.37. The number of hydrogen-bond acceptors (Lipinski definition) is 4. The Bertz CT molecular complexity index is 572. The molecule has 0 amide bonds. The smallest absolute Gasteiger partial charge is 0.338 e. The number of rotatable bonds is 4. The van der Waals surface area contributed by atoms with Crippen LogP contribution in [0.15, 0.2) is 41.6 Å². The monoisotopic (exact) mass is 317 g/mol.